The maximum absolute atomic E-state index is 12.3. The SMILES string of the molecule is O=C(c1nc(Cl)nc2nc[nH]c12)N1CCOCC1. The molecule has 2 aromatic heterocycles. The third kappa shape index (κ3) is 1.91. The zero-order valence-corrected chi connectivity index (χ0v) is 10.1. The quantitative estimate of drug-likeness (QED) is 0.760. The van der Waals surface area contributed by atoms with Gasteiger partial charge in [-0.05, 0) is 11.6 Å². The summed E-state index contributed by atoms with van der Waals surface area (Å²) in [6.07, 6.45) is 1.46. The standard InChI is InChI=1S/C10H10ClN5O2/c11-10-14-7(6-8(15-10)13-5-12-6)9(17)16-1-3-18-4-2-16/h5H,1-4H2,(H,12,13,14,15). The molecule has 8 heteroatoms. The summed E-state index contributed by atoms with van der Waals surface area (Å²) < 4.78 is 5.21. The van der Waals surface area contributed by atoms with E-state index in [2.05, 4.69) is 19.9 Å². The van der Waals surface area contributed by atoms with E-state index in [0.717, 1.165) is 0 Å². The van der Waals surface area contributed by atoms with E-state index in [1.54, 1.807) is 4.90 Å². The van der Waals surface area contributed by atoms with Crippen LogP contribution in [0, 0.1) is 0 Å². The van der Waals surface area contributed by atoms with Crippen molar-refractivity contribution in [3.05, 3.63) is 17.3 Å². The van der Waals surface area contributed by atoms with Gasteiger partial charge in [-0.15, -0.1) is 0 Å². The minimum Gasteiger partial charge on any atom is -0.378 e. The smallest absolute Gasteiger partial charge is 0.275 e. The van der Waals surface area contributed by atoms with Gasteiger partial charge < -0.3 is 14.6 Å². The Bertz CT molecular complexity index is 593. The number of rotatable bonds is 1. The Morgan fingerprint density at radius 1 is 1.39 bits per heavy atom. The Labute approximate surface area is 107 Å². The van der Waals surface area contributed by atoms with Crippen LogP contribution in [0.4, 0.5) is 0 Å². The number of hydrogen-bond donors (Lipinski definition) is 1. The summed E-state index contributed by atoms with van der Waals surface area (Å²) in [7, 11) is 0. The van der Waals surface area contributed by atoms with Gasteiger partial charge in [-0.25, -0.2) is 9.97 Å². The number of aromatic amines is 1. The first-order chi connectivity index (χ1) is 8.75. The van der Waals surface area contributed by atoms with Crippen molar-refractivity contribution >= 4 is 28.7 Å². The monoisotopic (exact) mass is 267 g/mol. The Hall–Kier alpha value is -1.73. The molecule has 18 heavy (non-hydrogen) atoms. The third-order valence-electron chi connectivity index (χ3n) is 2.76. The molecule has 1 aliphatic heterocycles. The van der Waals surface area contributed by atoms with E-state index in [1.807, 2.05) is 0 Å². The lowest BCUT2D eigenvalue weighted by atomic mass is 10.3. The van der Waals surface area contributed by atoms with Crippen LogP contribution in [0.5, 0.6) is 0 Å². The molecule has 7 nitrogen and oxygen atoms in total. The van der Waals surface area contributed by atoms with Crippen LogP contribution in [-0.2, 0) is 4.74 Å². The zero-order valence-electron chi connectivity index (χ0n) is 9.39. The van der Waals surface area contributed by atoms with Gasteiger partial charge in [0.15, 0.2) is 11.3 Å². The van der Waals surface area contributed by atoms with Crippen molar-refractivity contribution in [1.82, 2.24) is 24.8 Å². The molecule has 0 aliphatic carbocycles. The summed E-state index contributed by atoms with van der Waals surface area (Å²) in [6.45, 7) is 2.18. The van der Waals surface area contributed by atoms with Crippen molar-refractivity contribution in [2.24, 2.45) is 0 Å². The average Bonchev–Trinajstić information content (AvgIpc) is 2.86. The minimum absolute atomic E-state index is 0.0196. The first-order valence-electron chi connectivity index (χ1n) is 5.49. The van der Waals surface area contributed by atoms with Crippen molar-refractivity contribution in [2.45, 2.75) is 0 Å². The molecule has 0 radical (unpaired) electrons. The minimum atomic E-state index is -0.183. The van der Waals surface area contributed by atoms with Gasteiger partial charge in [0.2, 0.25) is 5.28 Å². The van der Waals surface area contributed by atoms with Gasteiger partial charge in [-0.2, -0.15) is 4.98 Å². The molecule has 1 aliphatic rings. The van der Waals surface area contributed by atoms with E-state index in [9.17, 15) is 4.79 Å². The number of amides is 1. The summed E-state index contributed by atoms with van der Waals surface area (Å²) >= 11 is 5.79. The molecule has 0 saturated carbocycles. The number of carbonyl (C=O) groups is 1. The van der Waals surface area contributed by atoms with Gasteiger partial charge in [0.1, 0.15) is 5.52 Å². The lowest BCUT2D eigenvalue weighted by molar-refractivity contribution is 0.0300. The van der Waals surface area contributed by atoms with Gasteiger partial charge in [0.05, 0.1) is 19.5 Å². The number of H-pyrrole nitrogens is 1. The van der Waals surface area contributed by atoms with Crippen LogP contribution < -0.4 is 0 Å². The molecule has 1 amide bonds. The van der Waals surface area contributed by atoms with Crippen LogP contribution in [0.25, 0.3) is 11.2 Å². The molecule has 1 saturated heterocycles. The normalized spacial score (nSPS) is 16.2. The molecule has 2 aromatic rings. The number of aromatic nitrogens is 4. The van der Waals surface area contributed by atoms with Crippen molar-refractivity contribution in [1.29, 1.82) is 0 Å². The molecule has 1 fully saturated rings. The molecule has 3 heterocycles. The average molecular weight is 268 g/mol. The maximum Gasteiger partial charge on any atom is 0.275 e. The molecular formula is C10H10ClN5O2. The Balaban J connectivity index is 2.02. The fourth-order valence-electron chi connectivity index (χ4n) is 1.88. The van der Waals surface area contributed by atoms with E-state index in [1.165, 1.54) is 6.33 Å². The van der Waals surface area contributed by atoms with E-state index < -0.39 is 0 Å². The fourth-order valence-corrected chi connectivity index (χ4v) is 2.04. The first-order valence-corrected chi connectivity index (χ1v) is 5.87. The van der Waals surface area contributed by atoms with E-state index in [4.69, 9.17) is 16.3 Å². The van der Waals surface area contributed by atoms with Gasteiger partial charge in [-0.1, -0.05) is 0 Å². The number of nitrogens with zero attached hydrogens (tertiary/aromatic N) is 4. The molecule has 94 valence electrons. The van der Waals surface area contributed by atoms with Crippen LogP contribution >= 0.6 is 11.6 Å². The van der Waals surface area contributed by atoms with E-state index in [-0.39, 0.29) is 16.9 Å². The van der Waals surface area contributed by atoms with Crippen LogP contribution in [0.3, 0.4) is 0 Å². The Morgan fingerprint density at radius 3 is 2.94 bits per heavy atom. The third-order valence-corrected chi connectivity index (χ3v) is 2.93. The van der Waals surface area contributed by atoms with Crippen molar-refractivity contribution in [3.63, 3.8) is 0 Å². The highest BCUT2D eigenvalue weighted by Gasteiger charge is 2.23. The van der Waals surface area contributed by atoms with Crippen LogP contribution in [-0.4, -0.2) is 57.0 Å². The van der Waals surface area contributed by atoms with Gasteiger partial charge in [0.25, 0.3) is 5.91 Å². The van der Waals surface area contributed by atoms with Crippen LogP contribution in [0.1, 0.15) is 10.5 Å². The maximum atomic E-state index is 12.3. The molecule has 1 N–H and O–H groups in total. The highest BCUT2D eigenvalue weighted by molar-refractivity contribution is 6.28. The van der Waals surface area contributed by atoms with Crippen molar-refractivity contribution in [3.8, 4) is 0 Å². The topological polar surface area (TPSA) is 84.0 Å². The number of fused-ring (bicyclic) bond motifs is 1. The van der Waals surface area contributed by atoms with Crippen LogP contribution in [0.15, 0.2) is 6.33 Å². The van der Waals surface area contributed by atoms with Crippen molar-refractivity contribution < 1.29 is 9.53 Å². The Morgan fingerprint density at radius 2 is 2.17 bits per heavy atom. The molecular weight excluding hydrogens is 258 g/mol. The summed E-state index contributed by atoms with van der Waals surface area (Å²) in [5.74, 6) is -0.183. The second-order valence-electron chi connectivity index (χ2n) is 3.85. The van der Waals surface area contributed by atoms with E-state index in [0.29, 0.717) is 37.5 Å². The predicted octanol–water partition coefficient (Wildman–Crippen LogP) is 0.479. The second-order valence-corrected chi connectivity index (χ2v) is 4.19. The fraction of sp³-hybridized carbons (Fsp3) is 0.400. The molecule has 0 bridgehead atoms. The summed E-state index contributed by atoms with van der Waals surface area (Å²) in [5.41, 5.74) is 1.16. The number of halogens is 1. The zero-order chi connectivity index (χ0) is 12.5. The lowest BCUT2D eigenvalue weighted by Gasteiger charge is -2.26. The van der Waals surface area contributed by atoms with Gasteiger partial charge >= 0.3 is 0 Å². The Kier molecular flexibility index (Phi) is 2.85. The number of ether oxygens (including phenoxy) is 1. The molecule has 0 atom stereocenters. The van der Waals surface area contributed by atoms with Crippen LogP contribution in [0.2, 0.25) is 5.28 Å². The van der Waals surface area contributed by atoms with E-state index >= 15 is 0 Å². The molecule has 0 aromatic carbocycles. The van der Waals surface area contributed by atoms with Gasteiger partial charge in [0, 0.05) is 13.1 Å². The summed E-state index contributed by atoms with van der Waals surface area (Å²) in [6, 6.07) is 0. The molecule has 0 unspecified atom stereocenters. The number of imidazole rings is 1. The van der Waals surface area contributed by atoms with Gasteiger partial charge in [-0.3, -0.25) is 4.79 Å². The number of carbonyl (C=O) groups excluding carboxylic acids is 1. The predicted molar refractivity (Wildman–Crippen MR) is 63.4 cm³/mol. The number of hydrogen-bond acceptors (Lipinski definition) is 5. The summed E-state index contributed by atoms with van der Waals surface area (Å²) in [5, 5.41) is 0.0196. The highest BCUT2D eigenvalue weighted by atomic mass is 35.5. The molecule has 0 spiro atoms. The lowest BCUT2D eigenvalue weighted by Crippen LogP contribution is -2.41. The highest BCUT2D eigenvalue weighted by Crippen LogP contribution is 2.16. The second kappa shape index (κ2) is 4.51. The largest absolute Gasteiger partial charge is 0.378 e. The molecule has 3 rings (SSSR count). The number of morpholine rings is 1. The first kappa shape index (κ1) is 11.4. The summed E-state index contributed by atoms with van der Waals surface area (Å²) in [4.78, 5) is 28.8. The van der Waals surface area contributed by atoms with Crippen molar-refractivity contribution in [2.75, 3.05) is 26.3 Å². The number of nitrogens with one attached hydrogen (secondary N) is 1.